The van der Waals surface area contributed by atoms with Crippen LogP contribution in [0.25, 0.3) is 0 Å². The minimum atomic E-state index is -0.322. The van der Waals surface area contributed by atoms with Gasteiger partial charge in [-0.1, -0.05) is 0 Å². The Morgan fingerprint density at radius 1 is 1.72 bits per heavy atom. The minimum absolute atomic E-state index is 0.178. The normalized spacial score (nSPS) is 19.6. The molecule has 1 aromatic heterocycles. The fourth-order valence-electron chi connectivity index (χ4n) is 1.87. The number of anilines is 1. The van der Waals surface area contributed by atoms with Gasteiger partial charge in [0, 0.05) is 25.5 Å². The lowest BCUT2D eigenvalue weighted by Gasteiger charge is -2.32. The topological polar surface area (TPSA) is 84.5 Å². The monoisotopic (exact) mass is 253 g/mol. The first-order valence-electron chi connectivity index (χ1n) is 5.67. The van der Waals surface area contributed by atoms with Gasteiger partial charge in [-0.15, -0.1) is 0 Å². The summed E-state index contributed by atoms with van der Waals surface area (Å²) in [5.41, 5.74) is -0.240. The van der Waals surface area contributed by atoms with Crippen LogP contribution in [-0.2, 0) is 14.3 Å². The fraction of sp³-hybridized carbons (Fsp3) is 0.545. The van der Waals surface area contributed by atoms with Crippen LogP contribution in [0.3, 0.4) is 0 Å². The predicted octanol–water partition coefficient (Wildman–Crippen LogP) is -0.462. The van der Waals surface area contributed by atoms with Crippen LogP contribution in [0.4, 0.5) is 5.82 Å². The third kappa shape index (κ3) is 2.86. The first kappa shape index (κ1) is 12.6. The van der Waals surface area contributed by atoms with Crippen molar-refractivity contribution < 1.29 is 14.3 Å². The molecule has 7 nitrogen and oxygen atoms in total. The number of aromatic nitrogens is 2. The average molecular weight is 253 g/mol. The van der Waals surface area contributed by atoms with Gasteiger partial charge in [0.05, 0.1) is 26.2 Å². The van der Waals surface area contributed by atoms with E-state index in [1.807, 2.05) is 4.90 Å². The fourth-order valence-corrected chi connectivity index (χ4v) is 1.87. The second-order valence-corrected chi connectivity index (χ2v) is 3.96. The number of hydrogen-bond donors (Lipinski definition) is 1. The van der Waals surface area contributed by atoms with E-state index < -0.39 is 0 Å². The van der Waals surface area contributed by atoms with Crippen molar-refractivity contribution in [3.05, 3.63) is 22.7 Å². The Morgan fingerprint density at radius 2 is 2.56 bits per heavy atom. The summed E-state index contributed by atoms with van der Waals surface area (Å²) in [6.45, 7) is 1.49. The van der Waals surface area contributed by atoms with Crippen molar-refractivity contribution in [1.29, 1.82) is 0 Å². The molecule has 7 heteroatoms. The highest BCUT2D eigenvalue weighted by atomic mass is 16.5. The predicted molar refractivity (Wildman–Crippen MR) is 63.4 cm³/mol. The van der Waals surface area contributed by atoms with Crippen LogP contribution in [0, 0.1) is 0 Å². The summed E-state index contributed by atoms with van der Waals surface area (Å²) in [5.74, 6) is 0.0347. The number of carbonyl (C=O) groups is 1. The number of carbonyl (C=O) groups excluding carboxylic acids is 1. The zero-order valence-electron chi connectivity index (χ0n) is 10.1. The van der Waals surface area contributed by atoms with Crippen LogP contribution in [0.15, 0.2) is 17.2 Å². The molecule has 1 aliphatic heterocycles. The number of aromatic amines is 1. The van der Waals surface area contributed by atoms with Crippen LogP contribution < -0.4 is 10.5 Å². The molecule has 1 fully saturated rings. The SMILES string of the molecule is COC(=O)CC1CN(c2ncc[nH]c2=O)CCO1. The lowest BCUT2D eigenvalue weighted by molar-refractivity contribution is -0.144. The summed E-state index contributed by atoms with van der Waals surface area (Å²) in [6, 6.07) is 0. The molecule has 1 aromatic rings. The number of H-pyrrole nitrogens is 1. The van der Waals surface area contributed by atoms with E-state index in [1.54, 1.807) is 0 Å². The number of esters is 1. The van der Waals surface area contributed by atoms with Gasteiger partial charge in [-0.3, -0.25) is 9.59 Å². The molecule has 1 unspecified atom stereocenters. The van der Waals surface area contributed by atoms with Crippen molar-refractivity contribution in [1.82, 2.24) is 9.97 Å². The maximum absolute atomic E-state index is 11.6. The molecule has 1 aliphatic rings. The summed E-state index contributed by atoms with van der Waals surface area (Å²) in [6.07, 6.45) is 2.92. The van der Waals surface area contributed by atoms with E-state index in [4.69, 9.17) is 4.74 Å². The number of hydrogen-bond acceptors (Lipinski definition) is 6. The maximum Gasteiger partial charge on any atom is 0.308 e. The van der Waals surface area contributed by atoms with Gasteiger partial charge in [-0.25, -0.2) is 4.98 Å². The smallest absolute Gasteiger partial charge is 0.308 e. The molecule has 1 saturated heterocycles. The number of morpholine rings is 1. The number of ether oxygens (including phenoxy) is 2. The van der Waals surface area contributed by atoms with Gasteiger partial charge in [0.1, 0.15) is 0 Å². The third-order valence-corrected chi connectivity index (χ3v) is 2.75. The Bertz CT molecular complexity index is 473. The molecule has 1 atom stereocenters. The van der Waals surface area contributed by atoms with E-state index in [0.717, 1.165) is 0 Å². The highest BCUT2D eigenvalue weighted by Gasteiger charge is 2.25. The molecule has 1 N–H and O–H groups in total. The van der Waals surface area contributed by atoms with Gasteiger partial charge in [-0.2, -0.15) is 0 Å². The molecule has 0 amide bonds. The molecule has 0 bridgehead atoms. The third-order valence-electron chi connectivity index (χ3n) is 2.75. The highest BCUT2D eigenvalue weighted by molar-refractivity contribution is 5.69. The van der Waals surface area contributed by atoms with Crippen molar-refractivity contribution in [3.8, 4) is 0 Å². The zero-order chi connectivity index (χ0) is 13.0. The molecular formula is C11H15N3O4. The van der Waals surface area contributed by atoms with Crippen molar-refractivity contribution in [2.45, 2.75) is 12.5 Å². The minimum Gasteiger partial charge on any atom is -0.469 e. The van der Waals surface area contributed by atoms with E-state index in [-0.39, 0.29) is 24.1 Å². The lowest BCUT2D eigenvalue weighted by atomic mass is 10.2. The molecule has 0 spiro atoms. The maximum atomic E-state index is 11.6. The van der Waals surface area contributed by atoms with E-state index in [9.17, 15) is 9.59 Å². The Labute approximate surface area is 104 Å². The molecular weight excluding hydrogens is 238 g/mol. The second-order valence-electron chi connectivity index (χ2n) is 3.96. The van der Waals surface area contributed by atoms with E-state index in [2.05, 4.69) is 14.7 Å². The molecule has 98 valence electrons. The molecule has 2 heterocycles. The summed E-state index contributed by atoms with van der Waals surface area (Å²) >= 11 is 0. The Hall–Kier alpha value is -1.89. The van der Waals surface area contributed by atoms with Gasteiger partial charge in [0.2, 0.25) is 0 Å². The Kier molecular flexibility index (Phi) is 3.93. The summed E-state index contributed by atoms with van der Waals surface area (Å²) in [5, 5.41) is 0. The molecule has 2 rings (SSSR count). The molecule has 0 aliphatic carbocycles. The summed E-state index contributed by atoms with van der Waals surface area (Å²) in [7, 11) is 1.34. The highest BCUT2D eigenvalue weighted by Crippen LogP contribution is 2.13. The molecule has 0 saturated carbocycles. The largest absolute Gasteiger partial charge is 0.469 e. The van der Waals surface area contributed by atoms with Gasteiger partial charge >= 0.3 is 5.97 Å². The van der Waals surface area contributed by atoms with Gasteiger partial charge < -0.3 is 19.4 Å². The molecule has 0 radical (unpaired) electrons. The number of nitrogens with one attached hydrogen (secondary N) is 1. The number of nitrogens with zero attached hydrogens (tertiary/aromatic N) is 2. The number of methoxy groups -OCH3 is 1. The van der Waals surface area contributed by atoms with Crippen LogP contribution in [0.2, 0.25) is 0 Å². The zero-order valence-corrected chi connectivity index (χ0v) is 10.1. The van der Waals surface area contributed by atoms with E-state index in [1.165, 1.54) is 19.5 Å². The lowest BCUT2D eigenvalue weighted by Crippen LogP contribution is -2.45. The van der Waals surface area contributed by atoms with Gasteiger partial charge in [-0.05, 0) is 0 Å². The molecule has 18 heavy (non-hydrogen) atoms. The standard InChI is InChI=1S/C11H15N3O4/c1-17-9(15)6-8-7-14(4-5-18-8)10-11(16)13-3-2-12-10/h2-3,8H,4-7H2,1H3,(H,13,16). The summed E-state index contributed by atoms with van der Waals surface area (Å²) in [4.78, 5) is 31.2. The van der Waals surface area contributed by atoms with Crippen LogP contribution >= 0.6 is 0 Å². The Balaban J connectivity index is 2.05. The first-order valence-corrected chi connectivity index (χ1v) is 5.67. The van der Waals surface area contributed by atoms with Crippen molar-refractivity contribution in [3.63, 3.8) is 0 Å². The van der Waals surface area contributed by atoms with Crippen LogP contribution in [0.1, 0.15) is 6.42 Å². The number of rotatable bonds is 3. The van der Waals surface area contributed by atoms with Crippen molar-refractivity contribution in [2.75, 3.05) is 31.7 Å². The van der Waals surface area contributed by atoms with Crippen molar-refractivity contribution in [2.24, 2.45) is 0 Å². The van der Waals surface area contributed by atoms with E-state index >= 15 is 0 Å². The van der Waals surface area contributed by atoms with Gasteiger partial charge in [0.15, 0.2) is 5.82 Å². The quantitative estimate of drug-likeness (QED) is 0.734. The van der Waals surface area contributed by atoms with Crippen LogP contribution in [0.5, 0.6) is 0 Å². The van der Waals surface area contributed by atoms with E-state index in [0.29, 0.717) is 25.5 Å². The van der Waals surface area contributed by atoms with Crippen molar-refractivity contribution >= 4 is 11.8 Å². The van der Waals surface area contributed by atoms with Crippen LogP contribution in [-0.4, -0.2) is 48.8 Å². The van der Waals surface area contributed by atoms with Gasteiger partial charge in [0.25, 0.3) is 5.56 Å². The summed E-state index contributed by atoms with van der Waals surface area (Å²) < 4.78 is 10.1. The molecule has 0 aromatic carbocycles. The Morgan fingerprint density at radius 3 is 3.28 bits per heavy atom. The second kappa shape index (κ2) is 5.63. The average Bonchev–Trinajstić information content (AvgIpc) is 2.39. The first-order chi connectivity index (χ1) is 8.70.